The average Bonchev–Trinajstić information content (AvgIpc) is 2.53. The first-order chi connectivity index (χ1) is 10.1. The highest BCUT2D eigenvalue weighted by Gasteiger charge is 2.16. The highest BCUT2D eigenvalue weighted by molar-refractivity contribution is 5.87. The fourth-order valence-corrected chi connectivity index (χ4v) is 2.18. The summed E-state index contributed by atoms with van der Waals surface area (Å²) in [6.45, 7) is 6.94. The van der Waals surface area contributed by atoms with Gasteiger partial charge in [0, 0.05) is 25.7 Å². The van der Waals surface area contributed by atoms with E-state index in [1.54, 1.807) is 0 Å². The van der Waals surface area contributed by atoms with Gasteiger partial charge in [0.25, 0.3) is 0 Å². The molecule has 5 heteroatoms. The summed E-state index contributed by atoms with van der Waals surface area (Å²) in [7, 11) is 2.13. The monoisotopic (exact) mass is 292 g/mol. The van der Waals surface area contributed by atoms with Gasteiger partial charge in [0.05, 0.1) is 5.92 Å². The van der Waals surface area contributed by atoms with Crippen LogP contribution < -0.4 is 11.1 Å². The van der Waals surface area contributed by atoms with Crippen LogP contribution in [0.5, 0.6) is 0 Å². The molecule has 0 saturated carbocycles. The van der Waals surface area contributed by atoms with Gasteiger partial charge in [0.15, 0.2) is 0 Å². The Morgan fingerprint density at radius 1 is 1.38 bits per heavy atom. The Kier molecular flexibility index (Phi) is 7.79. The van der Waals surface area contributed by atoms with Crippen LogP contribution in [0.2, 0.25) is 0 Å². The number of hydrogen-bond acceptors (Lipinski definition) is 4. The van der Waals surface area contributed by atoms with Crippen LogP contribution in [0.15, 0.2) is 35.5 Å². The third-order valence-electron chi connectivity index (χ3n) is 4.01. The molecule has 1 aromatic rings. The number of benzene rings is 1. The lowest BCUT2D eigenvalue weighted by Gasteiger charge is -2.24. The first-order valence-corrected chi connectivity index (χ1v) is 7.53. The molecular formula is C16H28N4O. The van der Waals surface area contributed by atoms with Gasteiger partial charge in [0.2, 0.25) is 0 Å². The molecule has 0 saturated heterocycles. The SMILES string of the molecule is CCC(C)N(C)CCNCC(/C(N)=N/O)c1ccccc1. The van der Waals surface area contributed by atoms with Gasteiger partial charge in [-0.25, -0.2) is 0 Å². The van der Waals surface area contributed by atoms with E-state index in [1.807, 2.05) is 30.3 Å². The lowest BCUT2D eigenvalue weighted by atomic mass is 9.98. The zero-order chi connectivity index (χ0) is 15.7. The second kappa shape index (κ2) is 9.37. The van der Waals surface area contributed by atoms with E-state index >= 15 is 0 Å². The van der Waals surface area contributed by atoms with Crippen molar-refractivity contribution in [3.05, 3.63) is 35.9 Å². The van der Waals surface area contributed by atoms with Gasteiger partial charge in [-0.05, 0) is 26.0 Å². The normalized spacial score (nSPS) is 15.1. The number of amidine groups is 1. The van der Waals surface area contributed by atoms with Crippen molar-refractivity contribution in [2.24, 2.45) is 10.9 Å². The molecule has 118 valence electrons. The number of nitrogens with two attached hydrogens (primary N) is 1. The minimum absolute atomic E-state index is 0.106. The van der Waals surface area contributed by atoms with E-state index in [0.29, 0.717) is 12.6 Å². The molecule has 0 aromatic heterocycles. The fraction of sp³-hybridized carbons (Fsp3) is 0.562. The molecule has 0 aliphatic heterocycles. The van der Waals surface area contributed by atoms with E-state index in [9.17, 15) is 0 Å². The van der Waals surface area contributed by atoms with Gasteiger partial charge in [-0.15, -0.1) is 0 Å². The van der Waals surface area contributed by atoms with E-state index in [2.05, 4.69) is 36.3 Å². The van der Waals surface area contributed by atoms with Crippen LogP contribution in [0.1, 0.15) is 31.7 Å². The van der Waals surface area contributed by atoms with Crippen molar-refractivity contribution < 1.29 is 5.21 Å². The topological polar surface area (TPSA) is 73.9 Å². The molecular weight excluding hydrogens is 264 g/mol. The van der Waals surface area contributed by atoms with E-state index in [4.69, 9.17) is 10.9 Å². The third-order valence-corrected chi connectivity index (χ3v) is 4.01. The van der Waals surface area contributed by atoms with Crippen molar-refractivity contribution in [3.63, 3.8) is 0 Å². The Balaban J connectivity index is 2.49. The summed E-state index contributed by atoms with van der Waals surface area (Å²) in [5, 5.41) is 15.5. The number of hydrogen-bond donors (Lipinski definition) is 3. The Bertz CT molecular complexity index is 422. The molecule has 1 aromatic carbocycles. The lowest BCUT2D eigenvalue weighted by molar-refractivity contribution is 0.252. The Morgan fingerprint density at radius 3 is 2.62 bits per heavy atom. The van der Waals surface area contributed by atoms with Gasteiger partial charge >= 0.3 is 0 Å². The highest BCUT2D eigenvalue weighted by atomic mass is 16.4. The summed E-state index contributed by atoms with van der Waals surface area (Å²) in [6, 6.07) is 10.5. The average molecular weight is 292 g/mol. The van der Waals surface area contributed by atoms with Crippen LogP contribution in [-0.2, 0) is 0 Å². The second-order valence-corrected chi connectivity index (χ2v) is 5.43. The Labute approximate surface area is 127 Å². The van der Waals surface area contributed by atoms with Crippen molar-refractivity contribution in [1.82, 2.24) is 10.2 Å². The standard InChI is InChI=1S/C16H28N4O/c1-4-13(2)20(3)11-10-18-12-15(16(17)19-21)14-8-6-5-7-9-14/h5-9,13,15,18,21H,4,10-12H2,1-3H3,(H2,17,19). The van der Waals surface area contributed by atoms with Crippen LogP contribution in [0.25, 0.3) is 0 Å². The maximum atomic E-state index is 8.94. The summed E-state index contributed by atoms with van der Waals surface area (Å²) in [5.41, 5.74) is 6.86. The number of nitrogens with zero attached hydrogens (tertiary/aromatic N) is 2. The second-order valence-electron chi connectivity index (χ2n) is 5.43. The smallest absolute Gasteiger partial charge is 0.147 e. The highest BCUT2D eigenvalue weighted by Crippen LogP contribution is 2.14. The van der Waals surface area contributed by atoms with E-state index in [1.165, 1.54) is 0 Å². The number of oxime groups is 1. The van der Waals surface area contributed by atoms with Gasteiger partial charge in [-0.3, -0.25) is 0 Å². The predicted molar refractivity (Wildman–Crippen MR) is 87.8 cm³/mol. The van der Waals surface area contributed by atoms with Crippen LogP contribution in [0, 0.1) is 0 Å². The van der Waals surface area contributed by atoms with Gasteiger partial charge in [-0.2, -0.15) is 0 Å². The summed E-state index contributed by atoms with van der Waals surface area (Å²) < 4.78 is 0. The summed E-state index contributed by atoms with van der Waals surface area (Å²) in [6.07, 6.45) is 1.15. The predicted octanol–water partition coefficient (Wildman–Crippen LogP) is 1.84. The molecule has 0 spiro atoms. The van der Waals surface area contributed by atoms with Crippen LogP contribution in [0.3, 0.4) is 0 Å². The molecule has 0 aliphatic rings. The molecule has 21 heavy (non-hydrogen) atoms. The quantitative estimate of drug-likeness (QED) is 0.213. The Hall–Kier alpha value is -1.59. The maximum Gasteiger partial charge on any atom is 0.147 e. The van der Waals surface area contributed by atoms with Crippen molar-refractivity contribution in [1.29, 1.82) is 0 Å². The zero-order valence-electron chi connectivity index (χ0n) is 13.3. The molecule has 5 nitrogen and oxygen atoms in total. The number of nitrogens with one attached hydrogen (secondary N) is 1. The molecule has 2 atom stereocenters. The van der Waals surface area contributed by atoms with Crippen molar-refractivity contribution >= 4 is 5.84 Å². The van der Waals surface area contributed by atoms with Gasteiger partial charge in [0.1, 0.15) is 5.84 Å². The molecule has 0 bridgehead atoms. The van der Waals surface area contributed by atoms with Crippen molar-refractivity contribution in [3.8, 4) is 0 Å². The van der Waals surface area contributed by atoms with Crippen molar-refractivity contribution in [2.75, 3.05) is 26.7 Å². The molecule has 0 radical (unpaired) electrons. The van der Waals surface area contributed by atoms with Crippen LogP contribution in [-0.4, -0.2) is 48.7 Å². The molecule has 0 aliphatic carbocycles. The molecule has 2 unspecified atom stereocenters. The van der Waals surface area contributed by atoms with E-state index in [0.717, 1.165) is 25.1 Å². The molecule has 0 fully saturated rings. The first-order valence-electron chi connectivity index (χ1n) is 7.53. The van der Waals surface area contributed by atoms with Gasteiger partial charge in [-0.1, -0.05) is 42.4 Å². The summed E-state index contributed by atoms with van der Waals surface area (Å²) in [5.74, 6) is 0.133. The van der Waals surface area contributed by atoms with Crippen LogP contribution >= 0.6 is 0 Å². The maximum absolute atomic E-state index is 8.94. The van der Waals surface area contributed by atoms with E-state index in [-0.39, 0.29) is 11.8 Å². The molecule has 0 amide bonds. The molecule has 4 N–H and O–H groups in total. The lowest BCUT2D eigenvalue weighted by Crippen LogP contribution is -2.38. The number of rotatable bonds is 9. The summed E-state index contributed by atoms with van der Waals surface area (Å²) in [4.78, 5) is 2.33. The van der Waals surface area contributed by atoms with Gasteiger partial charge < -0.3 is 21.2 Å². The first kappa shape index (κ1) is 17.5. The van der Waals surface area contributed by atoms with Crippen LogP contribution in [0.4, 0.5) is 0 Å². The van der Waals surface area contributed by atoms with E-state index < -0.39 is 0 Å². The Morgan fingerprint density at radius 2 is 2.05 bits per heavy atom. The fourth-order valence-electron chi connectivity index (χ4n) is 2.18. The largest absolute Gasteiger partial charge is 0.409 e. The third kappa shape index (κ3) is 5.73. The minimum Gasteiger partial charge on any atom is -0.409 e. The summed E-state index contributed by atoms with van der Waals surface area (Å²) >= 11 is 0. The van der Waals surface area contributed by atoms with Crippen molar-refractivity contribution in [2.45, 2.75) is 32.2 Å². The minimum atomic E-state index is -0.106. The molecule has 0 heterocycles. The number of likely N-dealkylation sites (N-methyl/N-ethyl adjacent to an activating group) is 1. The molecule has 1 rings (SSSR count). The zero-order valence-corrected chi connectivity index (χ0v) is 13.3.